The van der Waals surface area contributed by atoms with Crippen LogP contribution in [0, 0.1) is 11.7 Å². The van der Waals surface area contributed by atoms with Gasteiger partial charge in [0.2, 0.25) is 0 Å². The van der Waals surface area contributed by atoms with Crippen molar-refractivity contribution in [1.82, 2.24) is 5.32 Å². The molecular weight excluding hydrogens is 261 g/mol. The molecule has 2 heteroatoms. The molecule has 1 aromatic rings. The Labute approximate surface area is 130 Å². The van der Waals surface area contributed by atoms with Crippen molar-refractivity contribution in [1.29, 1.82) is 0 Å². The highest BCUT2D eigenvalue weighted by molar-refractivity contribution is 5.21. The first-order valence-electron chi connectivity index (χ1n) is 8.67. The van der Waals surface area contributed by atoms with Gasteiger partial charge in [0.1, 0.15) is 5.82 Å². The molecule has 1 nitrogen and oxygen atoms in total. The fourth-order valence-corrected chi connectivity index (χ4v) is 2.93. The molecule has 0 heterocycles. The quantitative estimate of drug-likeness (QED) is 0.530. The monoisotopic (exact) mass is 293 g/mol. The molecule has 1 rings (SSSR count). The lowest BCUT2D eigenvalue weighted by atomic mass is 9.85. The normalized spacial score (nSPS) is 14.1. The predicted octanol–water partition coefficient (Wildman–Crippen LogP) is 5.52. The van der Waals surface area contributed by atoms with Crippen molar-refractivity contribution in [3.8, 4) is 0 Å². The first kappa shape index (κ1) is 18.2. The summed E-state index contributed by atoms with van der Waals surface area (Å²) < 4.78 is 13.5. The molecule has 0 amide bonds. The third-order valence-corrected chi connectivity index (χ3v) is 4.30. The van der Waals surface area contributed by atoms with Crippen LogP contribution in [0.2, 0.25) is 0 Å². The van der Waals surface area contributed by atoms with E-state index in [4.69, 9.17) is 0 Å². The van der Waals surface area contributed by atoms with E-state index in [9.17, 15) is 4.39 Å². The SMILES string of the molecule is CCCCC(CC)CC(CNCCC)c1cccc(F)c1. The minimum atomic E-state index is -0.116. The van der Waals surface area contributed by atoms with Crippen molar-refractivity contribution < 1.29 is 4.39 Å². The Morgan fingerprint density at radius 2 is 1.95 bits per heavy atom. The lowest BCUT2D eigenvalue weighted by Crippen LogP contribution is -2.24. The number of hydrogen-bond acceptors (Lipinski definition) is 1. The molecule has 2 unspecified atom stereocenters. The molecule has 0 aromatic heterocycles. The van der Waals surface area contributed by atoms with E-state index in [1.165, 1.54) is 31.7 Å². The molecule has 0 spiro atoms. The first-order chi connectivity index (χ1) is 10.2. The van der Waals surface area contributed by atoms with Gasteiger partial charge in [-0.3, -0.25) is 0 Å². The average molecular weight is 293 g/mol. The van der Waals surface area contributed by atoms with E-state index in [0.717, 1.165) is 37.4 Å². The molecule has 1 aromatic carbocycles. The summed E-state index contributed by atoms with van der Waals surface area (Å²) in [7, 11) is 0. The standard InChI is InChI=1S/C19H32FN/c1-4-7-9-16(6-3)13-18(15-21-12-5-2)17-10-8-11-19(20)14-17/h8,10-11,14,16,18,21H,4-7,9,12-13,15H2,1-3H3. The van der Waals surface area contributed by atoms with Crippen molar-refractivity contribution in [2.75, 3.05) is 13.1 Å². The second-order valence-corrected chi connectivity index (χ2v) is 6.11. The minimum absolute atomic E-state index is 0.116. The maximum Gasteiger partial charge on any atom is 0.123 e. The van der Waals surface area contributed by atoms with Crippen LogP contribution in [-0.2, 0) is 0 Å². The minimum Gasteiger partial charge on any atom is -0.316 e. The van der Waals surface area contributed by atoms with Crippen molar-refractivity contribution >= 4 is 0 Å². The fourth-order valence-electron chi connectivity index (χ4n) is 2.93. The summed E-state index contributed by atoms with van der Waals surface area (Å²) >= 11 is 0. The zero-order valence-electron chi connectivity index (χ0n) is 14.0. The van der Waals surface area contributed by atoms with Gasteiger partial charge in [-0.2, -0.15) is 0 Å². The van der Waals surface area contributed by atoms with Gasteiger partial charge in [0.15, 0.2) is 0 Å². The van der Waals surface area contributed by atoms with Crippen LogP contribution in [0.25, 0.3) is 0 Å². The van der Waals surface area contributed by atoms with Crippen LogP contribution in [0.4, 0.5) is 4.39 Å². The number of hydrogen-bond donors (Lipinski definition) is 1. The lowest BCUT2D eigenvalue weighted by Gasteiger charge is -2.24. The third kappa shape index (κ3) is 7.08. The number of rotatable bonds is 11. The predicted molar refractivity (Wildman–Crippen MR) is 90.2 cm³/mol. The van der Waals surface area contributed by atoms with Gasteiger partial charge in [-0.05, 0) is 48.9 Å². The molecule has 120 valence electrons. The summed E-state index contributed by atoms with van der Waals surface area (Å²) in [6.07, 6.45) is 7.39. The van der Waals surface area contributed by atoms with Crippen LogP contribution in [0.15, 0.2) is 24.3 Å². The summed E-state index contributed by atoms with van der Waals surface area (Å²) in [6, 6.07) is 7.16. The van der Waals surface area contributed by atoms with Gasteiger partial charge in [-0.15, -0.1) is 0 Å². The molecule has 1 N–H and O–H groups in total. The van der Waals surface area contributed by atoms with Crippen LogP contribution in [0.5, 0.6) is 0 Å². The Hall–Kier alpha value is -0.890. The molecule has 0 aliphatic rings. The van der Waals surface area contributed by atoms with Gasteiger partial charge in [-0.25, -0.2) is 4.39 Å². The van der Waals surface area contributed by atoms with Crippen LogP contribution >= 0.6 is 0 Å². The van der Waals surface area contributed by atoms with E-state index in [0.29, 0.717) is 5.92 Å². The lowest BCUT2D eigenvalue weighted by molar-refractivity contribution is 0.375. The second-order valence-electron chi connectivity index (χ2n) is 6.11. The largest absolute Gasteiger partial charge is 0.316 e. The summed E-state index contributed by atoms with van der Waals surface area (Å²) in [5.74, 6) is 1.06. The molecular formula is C19H32FN. The zero-order valence-corrected chi connectivity index (χ0v) is 14.0. The topological polar surface area (TPSA) is 12.0 Å². The summed E-state index contributed by atoms with van der Waals surface area (Å²) in [6.45, 7) is 8.71. The van der Waals surface area contributed by atoms with Gasteiger partial charge in [0.25, 0.3) is 0 Å². The summed E-state index contributed by atoms with van der Waals surface area (Å²) in [5, 5.41) is 3.52. The van der Waals surface area contributed by atoms with Gasteiger partial charge < -0.3 is 5.32 Å². The number of unbranched alkanes of at least 4 members (excludes halogenated alkanes) is 1. The van der Waals surface area contributed by atoms with Crippen molar-refractivity contribution in [3.05, 3.63) is 35.6 Å². The molecule has 0 saturated heterocycles. The highest BCUT2D eigenvalue weighted by atomic mass is 19.1. The molecule has 0 radical (unpaired) electrons. The zero-order chi connectivity index (χ0) is 15.5. The molecule has 2 atom stereocenters. The highest BCUT2D eigenvalue weighted by Gasteiger charge is 2.17. The maximum atomic E-state index is 13.5. The van der Waals surface area contributed by atoms with Gasteiger partial charge in [0.05, 0.1) is 0 Å². The van der Waals surface area contributed by atoms with E-state index in [1.807, 2.05) is 6.07 Å². The number of benzene rings is 1. The van der Waals surface area contributed by atoms with E-state index >= 15 is 0 Å². The van der Waals surface area contributed by atoms with E-state index in [-0.39, 0.29) is 5.82 Å². The Morgan fingerprint density at radius 3 is 2.57 bits per heavy atom. The van der Waals surface area contributed by atoms with Gasteiger partial charge >= 0.3 is 0 Å². The maximum absolute atomic E-state index is 13.5. The molecule has 0 aliphatic heterocycles. The van der Waals surface area contributed by atoms with Crippen LogP contribution < -0.4 is 5.32 Å². The van der Waals surface area contributed by atoms with Crippen LogP contribution in [0.3, 0.4) is 0 Å². The Morgan fingerprint density at radius 1 is 1.14 bits per heavy atom. The smallest absolute Gasteiger partial charge is 0.123 e. The summed E-state index contributed by atoms with van der Waals surface area (Å²) in [4.78, 5) is 0. The molecule has 0 fully saturated rings. The number of halogens is 1. The number of nitrogens with one attached hydrogen (secondary N) is 1. The first-order valence-corrected chi connectivity index (χ1v) is 8.67. The van der Waals surface area contributed by atoms with Gasteiger partial charge in [0, 0.05) is 6.54 Å². The Balaban J connectivity index is 2.71. The molecule has 0 aliphatic carbocycles. The average Bonchev–Trinajstić information content (AvgIpc) is 2.50. The van der Waals surface area contributed by atoms with Crippen molar-refractivity contribution in [2.45, 2.75) is 65.2 Å². The van der Waals surface area contributed by atoms with E-state index in [1.54, 1.807) is 6.07 Å². The Kier molecular flexibility index (Phi) is 9.32. The van der Waals surface area contributed by atoms with Crippen molar-refractivity contribution in [3.63, 3.8) is 0 Å². The van der Waals surface area contributed by atoms with Crippen LogP contribution in [0.1, 0.15) is 70.8 Å². The Bertz CT molecular complexity index is 378. The second kappa shape index (κ2) is 10.8. The molecule has 0 bridgehead atoms. The third-order valence-electron chi connectivity index (χ3n) is 4.30. The van der Waals surface area contributed by atoms with E-state index in [2.05, 4.69) is 32.2 Å². The fraction of sp³-hybridized carbons (Fsp3) is 0.684. The summed E-state index contributed by atoms with van der Waals surface area (Å²) in [5.41, 5.74) is 1.15. The molecule has 0 saturated carbocycles. The van der Waals surface area contributed by atoms with Crippen molar-refractivity contribution in [2.24, 2.45) is 5.92 Å². The highest BCUT2D eigenvalue weighted by Crippen LogP contribution is 2.28. The molecule has 21 heavy (non-hydrogen) atoms. The van der Waals surface area contributed by atoms with E-state index < -0.39 is 0 Å². The van der Waals surface area contributed by atoms with Crippen LogP contribution in [-0.4, -0.2) is 13.1 Å². The van der Waals surface area contributed by atoms with Gasteiger partial charge in [-0.1, -0.05) is 58.6 Å².